The van der Waals surface area contributed by atoms with Crippen molar-refractivity contribution < 1.29 is 14.3 Å². The van der Waals surface area contributed by atoms with Crippen LogP contribution in [0.1, 0.15) is 27.0 Å². The molecule has 0 radical (unpaired) electrons. The normalized spacial score (nSPS) is 10.6. The van der Waals surface area contributed by atoms with E-state index in [9.17, 15) is 9.59 Å². The summed E-state index contributed by atoms with van der Waals surface area (Å²) >= 11 is 2.71. The van der Waals surface area contributed by atoms with Crippen LogP contribution in [0.25, 0.3) is 9.40 Å². The molecule has 0 atom stereocenters. The first-order valence-electron chi connectivity index (χ1n) is 4.61. The van der Waals surface area contributed by atoms with Crippen LogP contribution in [0.4, 0.5) is 0 Å². The van der Waals surface area contributed by atoms with E-state index in [1.165, 1.54) is 22.7 Å². The molecular formula is C10H9NO3S2. The summed E-state index contributed by atoms with van der Waals surface area (Å²) in [6, 6.07) is 1.64. The lowest BCUT2D eigenvalue weighted by atomic mass is 10.2. The van der Waals surface area contributed by atoms with Crippen LogP contribution in [-0.4, -0.2) is 18.5 Å². The zero-order chi connectivity index (χ0) is 11.7. The van der Waals surface area contributed by atoms with Crippen LogP contribution in [0.5, 0.6) is 0 Å². The van der Waals surface area contributed by atoms with Crippen molar-refractivity contribution in [3.8, 4) is 0 Å². The molecule has 84 valence electrons. The molecule has 0 spiro atoms. The standard InChI is InChI=1S/C10H9NO3S2/c1-2-14-9(13)6-4-15-10-5(6)3-7(16-10)8(11)12/h3-4H,2H2,1H3,(H2,11,12). The highest BCUT2D eigenvalue weighted by Gasteiger charge is 2.17. The third-order valence-corrected chi connectivity index (χ3v) is 4.28. The minimum Gasteiger partial charge on any atom is -0.462 e. The topological polar surface area (TPSA) is 69.4 Å². The van der Waals surface area contributed by atoms with E-state index in [0.29, 0.717) is 17.0 Å². The van der Waals surface area contributed by atoms with Crippen LogP contribution in [0.15, 0.2) is 11.4 Å². The molecule has 0 aliphatic rings. The van der Waals surface area contributed by atoms with Crippen molar-refractivity contribution in [2.75, 3.05) is 6.61 Å². The molecule has 0 fully saturated rings. The molecule has 6 heteroatoms. The Bertz CT molecular complexity index is 555. The minimum absolute atomic E-state index is 0.336. The minimum atomic E-state index is -0.469. The fourth-order valence-electron chi connectivity index (χ4n) is 1.31. The summed E-state index contributed by atoms with van der Waals surface area (Å²) in [5.74, 6) is -0.828. The molecule has 0 saturated carbocycles. The van der Waals surface area contributed by atoms with E-state index in [1.54, 1.807) is 18.4 Å². The number of thiophene rings is 2. The largest absolute Gasteiger partial charge is 0.462 e. The van der Waals surface area contributed by atoms with Gasteiger partial charge < -0.3 is 10.5 Å². The van der Waals surface area contributed by atoms with Crippen molar-refractivity contribution in [1.29, 1.82) is 0 Å². The summed E-state index contributed by atoms with van der Waals surface area (Å²) < 4.78 is 5.83. The van der Waals surface area contributed by atoms with Crippen molar-refractivity contribution in [2.45, 2.75) is 6.92 Å². The van der Waals surface area contributed by atoms with Gasteiger partial charge in [0.05, 0.1) is 21.1 Å². The quantitative estimate of drug-likeness (QED) is 0.855. The molecule has 0 saturated heterocycles. The van der Waals surface area contributed by atoms with Crippen LogP contribution in [0, 0.1) is 0 Å². The Hall–Kier alpha value is -1.40. The first kappa shape index (κ1) is 11.1. The van der Waals surface area contributed by atoms with Gasteiger partial charge in [0.1, 0.15) is 0 Å². The number of nitrogens with two attached hydrogens (primary N) is 1. The second-order valence-electron chi connectivity index (χ2n) is 3.05. The SMILES string of the molecule is CCOC(=O)c1csc2sc(C(N)=O)cc12. The second-order valence-corrected chi connectivity index (χ2v) is 5.24. The van der Waals surface area contributed by atoms with Gasteiger partial charge in [-0.05, 0) is 13.0 Å². The van der Waals surface area contributed by atoms with E-state index >= 15 is 0 Å². The number of primary amides is 1. The van der Waals surface area contributed by atoms with E-state index in [0.717, 1.165) is 9.40 Å². The number of ether oxygens (including phenoxy) is 1. The monoisotopic (exact) mass is 255 g/mol. The number of rotatable bonds is 3. The Balaban J connectivity index is 2.47. The molecule has 2 rings (SSSR count). The number of esters is 1. The molecule has 2 heterocycles. The van der Waals surface area contributed by atoms with Gasteiger partial charge in [0.25, 0.3) is 5.91 Å². The number of hydrogen-bond donors (Lipinski definition) is 1. The Kier molecular flexibility index (Phi) is 2.93. The van der Waals surface area contributed by atoms with Crippen molar-refractivity contribution in [2.24, 2.45) is 5.73 Å². The first-order chi connectivity index (χ1) is 7.63. The summed E-state index contributed by atoms with van der Waals surface area (Å²) in [5, 5.41) is 2.49. The van der Waals surface area contributed by atoms with Gasteiger partial charge in [0.15, 0.2) is 0 Å². The number of carbonyl (C=O) groups is 2. The zero-order valence-electron chi connectivity index (χ0n) is 8.48. The van der Waals surface area contributed by atoms with Gasteiger partial charge in [0, 0.05) is 10.8 Å². The second kappa shape index (κ2) is 4.23. The molecule has 0 aliphatic carbocycles. The molecule has 1 amide bonds. The summed E-state index contributed by atoms with van der Waals surface area (Å²) in [7, 11) is 0. The Labute approximate surface area is 99.6 Å². The van der Waals surface area contributed by atoms with Crippen molar-refractivity contribution in [1.82, 2.24) is 0 Å². The van der Waals surface area contributed by atoms with Crippen molar-refractivity contribution >= 4 is 43.9 Å². The van der Waals surface area contributed by atoms with Gasteiger partial charge >= 0.3 is 5.97 Å². The third kappa shape index (κ3) is 1.81. The number of carbonyl (C=O) groups excluding carboxylic acids is 2. The van der Waals surface area contributed by atoms with E-state index in [1.807, 2.05) is 0 Å². The maximum Gasteiger partial charge on any atom is 0.339 e. The fourth-order valence-corrected chi connectivity index (χ4v) is 3.42. The smallest absolute Gasteiger partial charge is 0.339 e. The Morgan fingerprint density at radius 2 is 2.25 bits per heavy atom. The van der Waals surface area contributed by atoms with Gasteiger partial charge in [-0.1, -0.05) is 0 Å². The average Bonchev–Trinajstić information content (AvgIpc) is 2.75. The van der Waals surface area contributed by atoms with E-state index in [4.69, 9.17) is 10.5 Å². The Morgan fingerprint density at radius 3 is 2.88 bits per heavy atom. The lowest BCUT2D eigenvalue weighted by Gasteiger charge is -1.97. The molecule has 0 unspecified atom stereocenters. The Morgan fingerprint density at radius 1 is 1.50 bits per heavy atom. The van der Waals surface area contributed by atoms with Crippen LogP contribution in [0.2, 0.25) is 0 Å². The van der Waals surface area contributed by atoms with Crippen LogP contribution < -0.4 is 5.73 Å². The highest BCUT2D eigenvalue weighted by atomic mass is 32.2. The van der Waals surface area contributed by atoms with Gasteiger partial charge in [-0.25, -0.2) is 4.79 Å². The van der Waals surface area contributed by atoms with E-state index in [2.05, 4.69) is 0 Å². The van der Waals surface area contributed by atoms with Crippen molar-refractivity contribution in [3.63, 3.8) is 0 Å². The van der Waals surface area contributed by atoms with Gasteiger partial charge in [-0.15, -0.1) is 22.7 Å². The summed E-state index contributed by atoms with van der Waals surface area (Å²) in [6.45, 7) is 2.09. The number of amides is 1. The molecule has 0 aliphatic heterocycles. The number of hydrogen-bond acceptors (Lipinski definition) is 5. The molecule has 2 N–H and O–H groups in total. The fraction of sp³-hybridized carbons (Fsp3) is 0.200. The average molecular weight is 255 g/mol. The molecule has 0 aromatic carbocycles. The van der Waals surface area contributed by atoms with Crippen LogP contribution in [0.3, 0.4) is 0 Å². The lowest BCUT2D eigenvalue weighted by Crippen LogP contribution is -2.08. The highest BCUT2D eigenvalue weighted by molar-refractivity contribution is 7.38. The van der Waals surface area contributed by atoms with Crippen molar-refractivity contribution in [3.05, 3.63) is 21.9 Å². The predicted octanol–water partition coefficient (Wildman–Crippen LogP) is 2.24. The first-order valence-corrected chi connectivity index (χ1v) is 6.31. The van der Waals surface area contributed by atoms with E-state index in [-0.39, 0.29) is 5.97 Å². The van der Waals surface area contributed by atoms with Crippen LogP contribution in [-0.2, 0) is 4.74 Å². The van der Waals surface area contributed by atoms with E-state index < -0.39 is 5.91 Å². The third-order valence-electron chi connectivity index (χ3n) is 2.01. The van der Waals surface area contributed by atoms with Gasteiger partial charge in [0.2, 0.25) is 0 Å². The van der Waals surface area contributed by atoms with Crippen LogP contribution >= 0.6 is 22.7 Å². The summed E-state index contributed by atoms with van der Waals surface area (Å²) in [6.07, 6.45) is 0. The maximum absolute atomic E-state index is 11.6. The van der Waals surface area contributed by atoms with Gasteiger partial charge in [-0.2, -0.15) is 0 Å². The zero-order valence-corrected chi connectivity index (χ0v) is 10.1. The predicted molar refractivity (Wildman–Crippen MR) is 64.2 cm³/mol. The summed E-state index contributed by atoms with van der Waals surface area (Å²) in [5.41, 5.74) is 5.69. The molecule has 2 aromatic rings. The lowest BCUT2D eigenvalue weighted by molar-refractivity contribution is 0.0529. The van der Waals surface area contributed by atoms with Gasteiger partial charge in [-0.3, -0.25) is 4.79 Å². The summed E-state index contributed by atoms with van der Waals surface area (Å²) in [4.78, 5) is 23.0. The number of fused-ring (bicyclic) bond motifs is 1. The molecule has 4 nitrogen and oxygen atoms in total. The maximum atomic E-state index is 11.6. The molecule has 16 heavy (non-hydrogen) atoms. The highest BCUT2D eigenvalue weighted by Crippen LogP contribution is 2.34. The molecular weight excluding hydrogens is 246 g/mol. The molecule has 0 bridgehead atoms. The molecule has 2 aromatic heterocycles.